The molecular weight excluding hydrogens is 504 g/mol. The van der Waals surface area contributed by atoms with Gasteiger partial charge in [-0.15, -0.1) is 5.73 Å². The van der Waals surface area contributed by atoms with Gasteiger partial charge in [0.25, 0.3) is 0 Å². The highest BCUT2D eigenvalue weighted by Crippen LogP contribution is 2.35. The van der Waals surface area contributed by atoms with Crippen molar-refractivity contribution in [3.8, 4) is 5.75 Å². The van der Waals surface area contributed by atoms with Crippen LogP contribution in [0, 0.1) is 11.6 Å². The highest BCUT2D eigenvalue weighted by atomic mass is 19.3. The molecule has 0 saturated carbocycles. The fourth-order valence-electron chi connectivity index (χ4n) is 3.33. The molecule has 204 valence electrons. The maximum atomic E-state index is 14.7. The van der Waals surface area contributed by atoms with Crippen molar-refractivity contribution in [1.82, 2.24) is 0 Å². The van der Waals surface area contributed by atoms with Crippen LogP contribution in [0.2, 0.25) is 0 Å². The fraction of sp³-hybridized carbons (Fsp3) is 0.345. The second-order valence-corrected chi connectivity index (χ2v) is 8.20. The van der Waals surface area contributed by atoms with Crippen molar-refractivity contribution in [2.75, 3.05) is 13.2 Å². The first-order valence-corrected chi connectivity index (χ1v) is 12.1. The van der Waals surface area contributed by atoms with E-state index < -0.39 is 29.3 Å². The summed E-state index contributed by atoms with van der Waals surface area (Å²) in [5, 5.41) is 0. The number of alkyl halides is 2. The van der Waals surface area contributed by atoms with Crippen molar-refractivity contribution in [2.24, 2.45) is 0 Å². The van der Waals surface area contributed by atoms with Crippen molar-refractivity contribution >= 4 is 11.9 Å². The molecule has 0 radical (unpaired) electrons. The summed E-state index contributed by atoms with van der Waals surface area (Å²) in [4.78, 5) is 22.0. The van der Waals surface area contributed by atoms with E-state index in [9.17, 15) is 27.2 Å². The van der Waals surface area contributed by atoms with E-state index in [4.69, 9.17) is 9.47 Å². The first-order chi connectivity index (χ1) is 18.2. The van der Waals surface area contributed by atoms with Gasteiger partial charge in [-0.05, 0) is 79.6 Å². The van der Waals surface area contributed by atoms with Gasteiger partial charge in [0, 0.05) is 12.5 Å². The largest absolute Gasteiger partial charge is 0.463 e. The molecule has 2 aromatic rings. The average molecular weight is 535 g/mol. The van der Waals surface area contributed by atoms with Crippen LogP contribution in [0.5, 0.6) is 5.75 Å². The third-order valence-electron chi connectivity index (χ3n) is 5.27. The van der Waals surface area contributed by atoms with Gasteiger partial charge in [-0.25, -0.2) is 13.6 Å². The molecule has 0 aliphatic carbocycles. The minimum atomic E-state index is -4.23. The molecule has 0 amide bonds. The Labute approximate surface area is 219 Å². The SMILES string of the molecule is C=CC(=O)OCCCCCc1cc(F)c(C(F)(F)Oc2ccc(CC=C=CCOC(=O)CC)cc2)c(F)c1. The van der Waals surface area contributed by atoms with Gasteiger partial charge in [0.1, 0.15) is 29.6 Å². The number of aryl methyl sites for hydroxylation is 1. The molecule has 0 spiro atoms. The van der Waals surface area contributed by atoms with Crippen LogP contribution in [0.25, 0.3) is 0 Å². The number of unbranched alkanes of at least 4 members (excludes halogenated alkanes) is 2. The van der Waals surface area contributed by atoms with E-state index >= 15 is 0 Å². The van der Waals surface area contributed by atoms with Gasteiger partial charge in [-0.3, -0.25) is 4.79 Å². The zero-order chi connectivity index (χ0) is 28.0. The molecule has 0 saturated heterocycles. The third kappa shape index (κ3) is 10.3. The summed E-state index contributed by atoms with van der Waals surface area (Å²) in [5.41, 5.74) is 2.38. The lowest BCUT2D eigenvalue weighted by Crippen LogP contribution is -2.25. The van der Waals surface area contributed by atoms with E-state index in [-0.39, 0.29) is 43.3 Å². The predicted octanol–water partition coefficient (Wildman–Crippen LogP) is 6.74. The Balaban J connectivity index is 1.92. The summed E-state index contributed by atoms with van der Waals surface area (Å²) >= 11 is 0. The standard InChI is InChI=1S/C29H30F4O5/c1-3-26(34)36-17-9-5-7-11-21-13-15-23(16-14-21)38-29(32,33)28-24(30)19-22(20-25(28)31)12-8-6-10-18-37-27(35)4-2/h4,7,9,13-16,19-20H,2-3,6,8,10-12,17-18H2,1H3. The Bertz CT molecular complexity index is 1130. The normalized spacial score (nSPS) is 10.8. The minimum Gasteiger partial charge on any atom is -0.463 e. The quantitative estimate of drug-likeness (QED) is 0.0833. The Hall–Kier alpha value is -3.84. The van der Waals surface area contributed by atoms with Gasteiger partial charge in [0.15, 0.2) is 0 Å². The van der Waals surface area contributed by atoms with Crippen LogP contribution in [-0.4, -0.2) is 25.2 Å². The average Bonchev–Trinajstić information content (AvgIpc) is 2.87. The number of hydrogen-bond acceptors (Lipinski definition) is 5. The van der Waals surface area contributed by atoms with E-state index in [0.717, 1.165) is 23.8 Å². The van der Waals surface area contributed by atoms with Crippen LogP contribution in [0.15, 0.2) is 66.9 Å². The number of ether oxygens (including phenoxy) is 3. The number of halogens is 4. The third-order valence-corrected chi connectivity index (χ3v) is 5.27. The van der Waals surface area contributed by atoms with Crippen LogP contribution in [0.1, 0.15) is 49.3 Å². The monoisotopic (exact) mass is 534 g/mol. The number of rotatable bonds is 15. The first kappa shape index (κ1) is 30.4. The smallest absolute Gasteiger partial charge is 0.432 e. The van der Waals surface area contributed by atoms with Gasteiger partial charge in [-0.1, -0.05) is 25.6 Å². The molecule has 0 heterocycles. The Kier molecular flexibility index (Phi) is 12.3. The number of carbonyl (C=O) groups excluding carboxylic acids is 2. The molecule has 2 aromatic carbocycles. The number of esters is 2. The van der Waals surface area contributed by atoms with E-state index in [1.807, 2.05) is 0 Å². The Morgan fingerprint density at radius 3 is 2.29 bits per heavy atom. The lowest BCUT2D eigenvalue weighted by atomic mass is 10.0. The molecule has 5 nitrogen and oxygen atoms in total. The van der Waals surface area contributed by atoms with Crippen LogP contribution in [0.3, 0.4) is 0 Å². The van der Waals surface area contributed by atoms with Crippen molar-refractivity contribution in [2.45, 2.75) is 51.6 Å². The second kappa shape index (κ2) is 15.4. The molecule has 0 aliphatic rings. The molecule has 0 N–H and O–H groups in total. The van der Waals surface area contributed by atoms with Gasteiger partial charge < -0.3 is 14.2 Å². The summed E-state index contributed by atoms with van der Waals surface area (Å²) in [6.07, 6.45) is 2.72. The van der Waals surface area contributed by atoms with Crippen molar-refractivity contribution in [1.29, 1.82) is 0 Å². The maximum Gasteiger partial charge on any atom is 0.432 e. The van der Waals surface area contributed by atoms with Crippen LogP contribution < -0.4 is 4.74 Å². The van der Waals surface area contributed by atoms with Gasteiger partial charge in [-0.2, -0.15) is 8.78 Å². The molecule has 0 fully saturated rings. The summed E-state index contributed by atoms with van der Waals surface area (Å²) in [6, 6.07) is 7.38. The van der Waals surface area contributed by atoms with Crippen molar-refractivity contribution in [3.63, 3.8) is 0 Å². The summed E-state index contributed by atoms with van der Waals surface area (Å²) in [7, 11) is 0. The lowest BCUT2D eigenvalue weighted by molar-refractivity contribution is -0.189. The highest BCUT2D eigenvalue weighted by molar-refractivity contribution is 5.81. The number of carbonyl (C=O) groups is 2. The first-order valence-electron chi connectivity index (χ1n) is 12.1. The van der Waals surface area contributed by atoms with Gasteiger partial charge in [0.2, 0.25) is 0 Å². The topological polar surface area (TPSA) is 61.8 Å². The van der Waals surface area contributed by atoms with Crippen LogP contribution in [0.4, 0.5) is 17.6 Å². The van der Waals surface area contributed by atoms with Crippen LogP contribution >= 0.6 is 0 Å². The molecule has 0 aromatic heterocycles. The molecule has 0 aliphatic heterocycles. The number of hydrogen-bond donors (Lipinski definition) is 0. The predicted molar refractivity (Wildman–Crippen MR) is 134 cm³/mol. The molecule has 0 bridgehead atoms. The zero-order valence-corrected chi connectivity index (χ0v) is 21.1. The second-order valence-electron chi connectivity index (χ2n) is 8.20. The van der Waals surface area contributed by atoms with E-state index in [2.05, 4.69) is 17.0 Å². The lowest BCUT2D eigenvalue weighted by Gasteiger charge is -2.20. The molecule has 0 atom stereocenters. The summed E-state index contributed by atoms with van der Waals surface area (Å²) < 4.78 is 72.7. The van der Waals surface area contributed by atoms with Crippen molar-refractivity contribution < 1.29 is 41.4 Å². The Morgan fingerprint density at radius 1 is 0.974 bits per heavy atom. The molecule has 9 heteroatoms. The van der Waals surface area contributed by atoms with Crippen LogP contribution in [-0.2, 0) is 38.0 Å². The van der Waals surface area contributed by atoms with E-state index in [1.165, 1.54) is 24.3 Å². The minimum absolute atomic E-state index is 0.105. The Morgan fingerprint density at radius 2 is 1.66 bits per heavy atom. The molecule has 38 heavy (non-hydrogen) atoms. The number of benzene rings is 2. The van der Waals surface area contributed by atoms with E-state index in [0.29, 0.717) is 25.7 Å². The molecule has 2 rings (SSSR count). The maximum absolute atomic E-state index is 14.7. The van der Waals surface area contributed by atoms with Gasteiger partial charge >= 0.3 is 18.0 Å². The summed E-state index contributed by atoms with van der Waals surface area (Å²) in [5.74, 6) is -3.90. The molecule has 0 unspecified atom stereocenters. The molecular formula is C29H30F4O5. The van der Waals surface area contributed by atoms with Gasteiger partial charge in [0.05, 0.1) is 6.61 Å². The van der Waals surface area contributed by atoms with E-state index in [1.54, 1.807) is 19.1 Å². The zero-order valence-electron chi connectivity index (χ0n) is 21.1. The highest BCUT2D eigenvalue weighted by Gasteiger charge is 2.41. The summed E-state index contributed by atoms with van der Waals surface area (Å²) in [6.45, 7) is 5.27. The fourth-order valence-corrected chi connectivity index (χ4v) is 3.33. The van der Waals surface area contributed by atoms with Crippen molar-refractivity contribution in [3.05, 3.63) is 95.3 Å².